The van der Waals surface area contributed by atoms with Gasteiger partial charge in [0.1, 0.15) is 16.6 Å². The predicted octanol–water partition coefficient (Wildman–Crippen LogP) is 2.74. The smallest absolute Gasteiger partial charge is 0.335 e. The van der Waals surface area contributed by atoms with Gasteiger partial charge < -0.3 is 19.1 Å². The van der Waals surface area contributed by atoms with Crippen molar-refractivity contribution in [2.24, 2.45) is 5.16 Å². The number of carboxylic acid groups (broad SMARTS) is 1. The molecule has 0 aliphatic heterocycles. The van der Waals surface area contributed by atoms with E-state index >= 15 is 0 Å². The van der Waals surface area contributed by atoms with E-state index in [0.29, 0.717) is 22.4 Å². The Balaban J connectivity index is 1.96. The van der Waals surface area contributed by atoms with Gasteiger partial charge in [0.2, 0.25) is 0 Å². The third kappa shape index (κ3) is 2.19. The van der Waals surface area contributed by atoms with E-state index in [2.05, 4.69) is 10.1 Å². The molecule has 0 spiro atoms. The maximum Gasteiger partial charge on any atom is 0.335 e. The summed E-state index contributed by atoms with van der Waals surface area (Å²) in [6.07, 6.45) is 3.54. The molecule has 0 bridgehead atoms. The van der Waals surface area contributed by atoms with Crippen molar-refractivity contribution in [3.8, 4) is 11.5 Å². The summed E-state index contributed by atoms with van der Waals surface area (Å²) in [5, 5.41) is 22.2. The van der Waals surface area contributed by atoms with Crippen LogP contribution < -0.4 is 5.36 Å². The Morgan fingerprint density at radius 2 is 2.08 bits per heavy atom. The minimum atomic E-state index is -1.06. The first-order valence-electron chi connectivity index (χ1n) is 7.08. The fourth-order valence-corrected chi connectivity index (χ4v) is 2.58. The summed E-state index contributed by atoms with van der Waals surface area (Å²) in [6.45, 7) is 0. The number of nitrogens with zero attached hydrogens (tertiary/aromatic N) is 3. The van der Waals surface area contributed by atoms with Crippen molar-refractivity contribution >= 4 is 22.5 Å². The maximum absolute atomic E-state index is 11.1. The molecule has 0 amide bonds. The monoisotopic (exact) mass is 321 g/mol. The molecule has 24 heavy (non-hydrogen) atoms. The number of fused-ring (bicyclic) bond motifs is 2. The van der Waals surface area contributed by atoms with E-state index in [9.17, 15) is 10.0 Å². The molecule has 0 radical (unpaired) electrons. The number of aromatic carboxylic acids is 1. The number of carbonyl (C=O) groups is 1. The molecule has 0 unspecified atom stereocenters. The average molecular weight is 321 g/mol. The van der Waals surface area contributed by atoms with Gasteiger partial charge in [-0.2, -0.15) is 0 Å². The number of benzene rings is 1. The lowest BCUT2D eigenvalue weighted by atomic mass is 10.1. The second-order valence-electron chi connectivity index (χ2n) is 5.23. The molecular formula is C17H11N3O4. The second kappa shape index (κ2) is 5.24. The molecule has 0 saturated carbocycles. The molecule has 0 fully saturated rings. The van der Waals surface area contributed by atoms with Crippen LogP contribution in [0.3, 0.4) is 0 Å². The topological polar surface area (TPSA) is 100 Å². The number of hydrogen-bond acceptors (Lipinski definition) is 5. The van der Waals surface area contributed by atoms with Crippen molar-refractivity contribution in [2.75, 3.05) is 0 Å². The minimum absolute atomic E-state index is 0.0862. The van der Waals surface area contributed by atoms with Gasteiger partial charge in [0.05, 0.1) is 11.9 Å². The Labute approximate surface area is 134 Å². The van der Waals surface area contributed by atoms with Crippen LogP contribution in [0.25, 0.3) is 27.9 Å². The zero-order valence-electron chi connectivity index (χ0n) is 12.2. The van der Waals surface area contributed by atoms with Crippen molar-refractivity contribution in [1.82, 2.24) is 9.38 Å². The molecule has 0 saturated heterocycles. The average Bonchev–Trinajstić information content (AvgIpc) is 3.07. The molecule has 4 aromatic rings. The molecule has 4 rings (SSSR count). The molecule has 0 aliphatic carbocycles. The lowest BCUT2D eigenvalue weighted by molar-refractivity contribution is 0.0697. The van der Waals surface area contributed by atoms with Crippen LogP contribution in [0.2, 0.25) is 0 Å². The highest BCUT2D eigenvalue weighted by molar-refractivity contribution is 5.92. The predicted molar refractivity (Wildman–Crippen MR) is 84.7 cm³/mol. The Hall–Kier alpha value is -3.61. The van der Waals surface area contributed by atoms with Gasteiger partial charge in [0, 0.05) is 23.2 Å². The third-order valence-corrected chi connectivity index (χ3v) is 3.77. The molecule has 3 heterocycles. The lowest BCUT2D eigenvalue weighted by Crippen LogP contribution is -2.06. The molecule has 3 aromatic heterocycles. The Morgan fingerprint density at radius 3 is 2.88 bits per heavy atom. The van der Waals surface area contributed by atoms with E-state index in [1.165, 1.54) is 24.3 Å². The van der Waals surface area contributed by atoms with Gasteiger partial charge in [-0.1, -0.05) is 5.16 Å². The number of hydrogen-bond donors (Lipinski definition) is 2. The highest BCUT2D eigenvalue weighted by Gasteiger charge is 2.11. The molecule has 7 nitrogen and oxygen atoms in total. The highest BCUT2D eigenvalue weighted by atomic mass is 16.4. The zero-order chi connectivity index (χ0) is 16.7. The van der Waals surface area contributed by atoms with E-state index in [1.807, 2.05) is 28.8 Å². The van der Waals surface area contributed by atoms with Crippen LogP contribution in [0.4, 0.5) is 0 Å². The molecule has 7 heteroatoms. The van der Waals surface area contributed by atoms with Crippen LogP contribution in [0.15, 0.2) is 64.6 Å². The molecule has 118 valence electrons. The summed E-state index contributed by atoms with van der Waals surface area (Å²) < 4.78 is 7.68. The summed E-state index contributed by atoms with van der Waals surface area (Å²) in [4.78, 5) is 15.4. The van der Waals surface area contributed by atoms with E-state index in [-0.39, 0.29) is 10.9 Å². The Kier molecular flexibility index (Phi) is 3.06. The minimum Gasteiger partial charge on any atom is -0.478 e. The van der Waals surface area contributed by atoms with E-state index in [0.717, 1.165) is 5.52 Å². The van der Waals surface area contributed by atoms with Crippen molar-refractivity contribution < 1.29 is 19.5 Å². The Morgan fingerprint density at radius 1 is 1.21 bits per heavy atom. The lowest BCUT2D eigenvalue weighted by Gasteiger charge is -2.05. The van der Waals surface area contributed by atoms with Crippen LogP contribution in [-0.2, 0) is 0 Å². The first-order valence-corrected chi connectivity index (χ1v) is 7.08. The molecule has 1 aromatic carbocycles. The van der Waals surface area contributed by atoms with Crippen LogP contribution in [0.5, 0.6) is 0 Å². The second-order valence-corrected chi connectivity index (χ2v) is 5.23. The quantitative estimate of drug-likeness (QED) is 0.437. The molecular weight excluding hydrogens is 310 g/mol. The van der Waals surface area contributed by atoms with Crippen molar-refractivity contribution in [3.05, 3.63) is 65.9 Å². The summed E-state index contributed by atoms with van der Waals surface area (Å²) in [5.41, 5.74) is 2.01. The Bertz CT molecular complexity index is 1160. The third-order valence-electron chi connectivity index (χ3n) is 3.77. The standard InChI is InChI=1S/C17H11N3O4/c21-17(22)10-3-4-15-12(6-10)13(19-23)8-16(24-15)14-7-11-2-1-5-20(11)9-18-14/h1-9,23H,(H,21,22). The fraction of sp³-hybridized carbons (Fsp3) is 0. The van der Waals surface area contributed by atoms with Crippen LogP contribution in [0, 0.1) is 0 Å². The SMILES string of the molecule is O=C(O)c1ccc2oc(-c3cc4cccn4cn3)cc(=NO)c2c1. The van der Waals surface area contributed by atoms with Crippen molar-refractivity contribution in [3.63, 3.8) is 0 Å². The van der Waals surface area contributed by atoms with Crippen LogP contribution in [0.1, 0.15) is 10.4 Å². The summed E-state index contributed by atoms with van der Waals surface area (Å²) in [6, 6.07) is 11.6. The normalized spacial score (nSPS) is 12.1. The van der Waals surface area contributed by atoms with Crippen LogP contribution in [-0.4, -0.2) is 25.7 Å². The van der Waals surface area contributed by atoms with Gasteiger partial charge in [0.25, 0.3) is 0 Å². The van der Waals surface area contributed by atoms with Gasteiger partial charge in [-0.25, -0.2) is 9.78 Å². The van der Waals surface area contributed by atoms with Gasteiger partial charge in [-0.15, -0.1) is 0 Å². The summed E-state index contributed by atoms with van der Waals surface area (Å²) >= 11 is 0. The highest BCUT2D eigenvalue weighted by Crippen LogP contribution is 2.22. The zero-order valence-corrected chi connectivity index (χ0v) is 12.2. The molecule has 0 aliphatic rings. The number of carboxylic acids is 1. The van der Waals surface area contributed by atoms with Crippen molar-refractivity contribution in [1.29, 1.82) is 0 Å². The van der Waals surface area contributed by atoms with Gasteiger partial charge in [0.15, 0.2) is 5.76 Å². The van der Waals surface area contributed by atoms with E-state index < -0.39 is 5.97 Å². The van der Waals surface area contributed by atoms with Crippen molar-refractivity contribution in [2.45, 2.75) is 0 Å². The maximum atomic E-state index is 11.1. The van der Waals surface area contributed by atoms with Gasteiger partial charge in [-0.05, 0) is 36.4 Å². The van der Waals surface area contributed by atoms with Crippen LogP contribution >= 0.6 is 0 Å². The fourth-order valence-electron chi connectivity index (χ4n) is 2.58. The van der Waals surface area contributed by atoms with E-state index in [4.69, 9.17) is 9.52 Å². The summed E-state index contributed by atoms with van der Waals surface area (Å²) in [7, 11) is 0. The first-order chi connectivity index (χ1) is 11.7. The largest absolute Gasteiger partial charge is 0.478 e. The van der Waals surface area contributed by atoms with Gasteiger partial charge in [-0.3, -0.25) is 0 Å². The van der Waals surface area contributed by atoms with E-state index in [1.54, 1.807) is 6.33 Å². The number of aromatic nitrogens is 2. The molecule has 2 N–H and O–H groups in total. The van der Waals surface area contributed by atoms with Gasteiger partial charge >= 0.3 is 5.97 Å². The molecule has 0 atom stereocenters. The number of rotatable bonds is 2. The first kappa shape index (κ1) is 14.0. The summed E-state index contributed by atoms with van der Waals surface area (Å²) in [5.74, 6) is -0.646.